The minimum absolute atomic E-state index is 0.0466. The lowest BCUT2D eigenvalue weighted by molar-refractivity contribution is -0.138. The number of halogens is 3. The van der Waals surface area contributed by atoms with Gasteiger partial charge in [0.05, 0.1) is 11.1 Å². The van der Waals surface area contributed by atoms with Crippen molar-refractivity contribution in [3.63, 3.8) is 0 Å². The maximum atomic E-state index is 13.0. The van der Waals surface area contributed by atoms with E-state index in [-0.39, 0.29) is 31.0 Å². The zero-order chi connectivity index (χ0) is 31.8. The van der Waals surface area contributed by atoms with Crippen molar-refractivity contribution in [2.24, 2.45) is 0 Å². The number of carbonyl (C=O) groups excluding carboxylic acids is 3. The van der Waals surface area contributed by atoms with Gasteiger partial charge in [-0.2, -0.15) is 13.2 Å². The van der Waals surface area contributed by atoms with E-state index in [0.717, 1.165) is 57.6 Å². The molecule has 0 atom stereocenters. The first-order valence-electron chi connectivity index (χ1n) is 14.5. The molecule has 0 aliphatic carbocycles. The van der Waals surface area contributed by atoms with E-state index < -0.39 is 29.4 Å². The monoisotopic (exact) mass is 600 g/mol. The third-order valence-corrected chi connectivity index (χ3v) is 5.67. The number of hydrogen-bond acceptors (Lipinski definition) is 4. The van der Waals surface area contributed by atoms with Crippen LogP contribution in [0.3, 0.4) is 0 Å². The predicted molar refractivity (Wildman–Crippen MR) is 166 cm³/mol. The molecule has 2 N–H and O–H groups in total. The summed E-state index contributed by atoms with van der Waals surface area (Å²) < 4.78 is 43.7. The Morgan fingerprint density at radius 3 is 1.72 bits per heavy atom. The summed E-state index contributed by atoms with van der Waals surface area (Å²) in [6.07, 6.45) is 27.2. The van der Waals surface area contributed by atoms with Crippen LogP contribution in [-0.4, -0.2) is 30.9 Å². The second kappa shape index (κ2) is 22.5. The van der Waals surface area contributed by atoms with E-state index in [2.05, 4.69) is 78.3 Å². The van der Waals surface area contributed by atoms with E-state index in [9.17, 15) is 27.6 Å². The third kappa shape index (κ3) is 18.8. The number of ether oxygens (including phenoxy) is 1. The summed E-state index contributed by atoms with van der Waals surface area (Å²) >= 11 is 0. The van der Waals surface area contributed by atoms with Gasteiger partial charge in [0, 0.05) is 26.4 Å². The molecule has 0 radical (unpaired) electrons. The maximum Gasteiger partial charge on any atom is 0.416 e. The Morgan fingerprint density at radius 2 is 1.23 bits per heavy atom. The van der Waals surface area contributed by atoms with Crippen LogP contribution in [0.2, 0.25) is 0 Å². The average molecular weight is 601 g/mol. The van der Waals surface area contributed by atoms with E-state index >= 15 is 0 Å². The van der Waals surface area contributed by atoms with E-state index in [1.165, 1.54) is 0 Å². The Labute approximate surface area is 253 Å². The van der Waals surface area contributed by atoms with Gasteiger partial charge in [0.25, 0.3) is 5.91 Å². The number of allylic oxidation sites excluding steroid dienone is 12. The van der Waals surface area contributed by atoms with Gasteiger partial charge in [-0.3, -0.25) is 14.4 Å². The van der Waals surface area contributed by atoms with Gasteiger partial charge in [0.2, 0.25) is 5.91 Å². The highest BCUT2D eigenvalue weighted by Crippen LogP contribution is 2.33. The highest BCUT2D eigenvalue weighted by molar-refractivity contribution is 5.97. The Hall–Kier alpha value is -4.14. The molecule has 0 heterocycles. The average Bonchev–Trinajstić information content (AvgIpc) is 2.95. The number of nitrogens with one attached hydrogen (secondary N) is 2. The zero-order valence-corrected chi connectivity index (χ0v) is 25.0. The second-order valence-corrected chi connectivity index (χ2v) is 9.36. The minimum atomic E-state index is -4.65. The van der Waals surface area contributed by atoms with Gasteiger partial charge < -0.3 is 15.4 Å². The molecule has 9 heteroatoms. The highest BCUT2D eigenvalue weighted by Gasteiger charge is 2.32. The van der Waals surface area contributed by atoms with Crippen molar-refractivity contribution < 1.29 is 32.3 Å². The van der Waals surface area contributed by atoms with Gasteiger partial charge in [-0.1, -0.05) is 79.8 Å². The Kier molecular flexibility index (Phi) is 19.3. The van der Waals surface area contributed by atoms with Gasteiger partial charge in [0.1, 0.15) is 5.75 Å². The van der Waals surface area contributed by atoms with Crippen molar-refractivity contribution in [2.45, 2.75) is 71.4 Å². The first-order valence-corrected chi connectivity index (χ1v) is 14.5. The first kappa shape index (κ1) is 36.9. The first-order chi connectivity index (χ1) is 20.6. The molecule has 0 spiro atoms. The fourth-order valence-corrected chi connectivity index (χ4v) is 3.54. The smallest absolute Gasteiger partial charge is 0.416 e. The summed E-state index contributed by atoms with van der Waals surface area (Å²) in [4.78, 5) is 35.6. The molecule has 0 aliphatic heterocycles. The summed E-state index contributed by atoms with van der Waals surface area (Å²) in [6, 6.07) is 2.28. The molecule has 0 bridgehead atoms. The van der Waals surface area contributed by atoms with Crippen LogP contribution in [0.15, 0.2) is 91.1 Å². The lowest BCUT2D eigenvalue weighted by Gasteiger charge is -2.13. The number of alkyl halides is 3. The normalized spacial score (nSPS) is 12.5. The van der Waals surface area contributed by atoms with E-state index in [4.69, 9.17) is 4.74 Å². The molecule has 0 unspecified atom stereocenters. The van der Waals surface area contributed by atoms with Crippen molar-refractivity contribution in [1.29, 1.82) is 0 Å². The molecule has 0 aromatic heterocycles. The molecule has 1 aromatic carbocycles. The molecule has 2 amide bonds. The van der Waals surface area contributed by atoms with Crippen molar-refractivity contribution >= 4 is 17.8 Å². The molecule has 1 rings (SSSR count). The summed E-state index contributed by atoms with van der Waals surface area (Å²) in [5.74, 6) is -2.26. The molecule has 234 valence electrons. The largest absolute Gasteiger partial charge is 0.426 e. The summed E-state index contributed by atoms with van der Waals surface area (Å²) in [7, 11) is 0. The lowest BCUT2D eigenvalue weighted by Crippen LogP contribution is -2.34. The fraction of sp³-hybridized carbons (Fsp3) is 0.382. The number of carbonyl (C=O) groups is 3. The van der Waals surface area contributed by atoms with Crippen LogP contribution in [-0.2, 0) is 15.8 Å². The van der Waals surface area contributed by atoms with Crippen LogP contribution in [0.5, 0.6) is 5.75 Å². The van der Waals surface area contributed by atoms with Crippen LogP contribution < -0.4 is 15.4 Å². The number of benzene rings is 1. The lowest BCUT2D eigenvalue weighted by atomic mass is 10.1. The van der Waals surface area contributed by atoms with Crippen molar-refractivity contribution in [3.05, 3.63) is 102 Å². The highest BCUT2D eigenvalue weighted by atomic mass is 19.4. The van der Waals surface area contributed by atoms with Crippen molar-refractivity contribution in [3.8, 4) is 5.75 Å². The predicted octanol–water partition coefficient (Wildman–Crippen LogP) is 7.95. The third-order valence-electron chi connectivity index (χ3n) is 5.67. The van der Waals surface area contributed by atoms with Crippen molar-refractivity contribution in [1.82, 2.24) is 10.6 Å². The number of hydrogen-bond donors (Lipinski definition) is 2. The molecule has 0 saturated carbocycles. The van der Waals surface area contributed by atoms with Crippen LogP contribution in [0.1, 0.15) is 81.1 Å². The Balaban J connectivity index is 2.19. The minimum Gasteiger partial charge on any atom is -0.426 e. The molecular weight excluding hydrogens is 557 g/mol. The fourth-order valence-electron chi connectivity index (χ4n) is 3.54. The van der Waals surface area contributed by atoms with Gasteiger partial charge in [-0.15, -0.1) is 0 Å². The van der Waals surface area contributed by atoms with Crippen molar-refractivity contribution in [2.75, 3.05) is 13.1 Å². The summed E-state index contributed by atoms with van der Waals surface area (Å²) in [5.41, 5.74) is -1.26. The van der Waals surface area contributed by atoms with E-state index in [1.54, 1.807) is 0 Å². The molecular formula is C34H43F3N2O4. The van der Waals surface area contributed by atoms with Crippen LogP contribution >= 0.6 is 0 Å². The van der Waals surface area contributed by atoms with Gasteiger partial charge in [0.15, 0.2) is 0 Å². The Morgan fingerprint density at radius 1 is 0.744 bits per heavy atom. The van der Waals surface area contributed by atoms with Crippen LogP contribution in [0.25, 0.3) is 0 Å². The van der Waals surface area contributed by atoms with Crippen LogP contribution in [0.4, 0.5) is 13.2 Å². The maximum absolute atomic E-state index is 13.0. The Bertz CT molecular complexity index is 1180. The van der Waals surface area contributed by atoms with Gasteiger partial charge >= 0.3 is 12.1 Å². The molecule has 0 aliphatic rings. The number of esters is 1. The topological polar surface area (TPSA) is 84.5 Å². The standard InChI is InChI=1S/C34H43F3N2O4/c1-3-4-5-6-7-8-9-10-11-12-13-14-15-16-17-18-19-20-21-22-32(41)38-25-26-39-33(42)30-24-23-29(34(35,36)37)27-31(30)43-28(2)40/h4-5,7-8,10-11,13-14,16-17,19-20,23-24,27H,3,6,9,12,15,18,21-22,25-26H2,1-2H3,(H,38,41)(H,39,42). The van der Waals surface area contributed by atoms with E-state index in [1.807, 2.05) is 12.2 Å². The number of rotatable bonds is 19. The molecule has 0 fully saturated rings. The van der Waals surface area contributed by atoms with Gasteiger partial charge in [-0.05, 0) is 63.1 Å². The van der Waals surface area contributed by atoms with Gasteiger partial charge in [-0.25, -0.2) is 0 Å². The van der Waals surface area contributed by atoms with E-state index in [0.29, 0.717) is 12.5 Å². The summed E-state index contributed by atoms with van der Waals surface area (Å²) in [5, 5.41) is 5.17. The molecule has 0 saturated heterocycles. The molecule has 43 heavy (non-hydrogen) atoms. The quantitative estimate of drug-likeness (QED) is 0.0731. The molecule has 1 aromatic rings. The SMILES string of the molecule is CCC=CCC=CCC=CCC=CCC=CCC=CCCC(=O)NCCNC(=O)c1ccc(C(F)(F)F)cc1OC(C)=O. The molecule has 6 nitrogen and oxygen atoms in total. The van der Waals surface area contributed by atoms with Crippen LogP contribution in [0, 0.1) is 0 Å². The zero-order valence-electron chi connectivity index (χ0n) is 25.0. The second-order valence-electron chi connectivity index (χ2n) is 9.36. The number of amides is 2. The summed E-state index contributed by atoms with van der Waals surface area (Å²) in [6.45, 7) is 3.34.